The molecule has 0 aliphatic heterocycles. The van der Waals surface area contributed by atoms with Crippen LogP contribution in [0.25, 0.3) is 10.8 Å². The summed E-state index contributed by atoms with van der Waals surface area (Å²) in [4.78, 5) is 14.4. The fourth-order valence-electron chi connectivity index (χ4n) is 1.83. The Labute approximate surface area is 115 Å². The topological polar surface area (TPSA) is 109 Å². The van der Waals surface area contributed by atoms with E-state index in [0.717, 1.165) is 0 Å². The molecule has 1 aromatic heterocycles. The summed E-state index contributed by atoms with van der Waals surface area (Å²) in [6.07, 6.45) is 2.98. The monoisotopic (exact) mass is 277 g/mol. The number of anilines is 1. The molecule has 1 unspecified atom stereocenters. The molecule has 7 heteroatoms. The highest BCUT2D eigenvalue weighted by Gasteiger charge is 2.20. The quantitative estimate of drug-likeness (QED) is 0.561. The van der Waals surface area contributed by atoms with Gasteiger partial charge >= 0.3 is 0 Å². The number of rotatable bonds is 5. The van der Waals surface area contributed by atoms with Crippen molar-refractivity contribution in [1.29, 1.82) is 0 Å². The molecule has 0 fully saturated rings. The maximum atomic E-state index is 11.0. The molecule has 0 aliphatic rings. The number of nitro benzene ring substituents is 1. The first-order chi connectivity index (χ1) is 9.44. The molecule has 2 rings (SSSR count). The van der Waals surface area contributed by atoms with Gasteiger partial charge in [-0.1, -0.05) is 0 Å². The number of benzene rings is 1. The number of aromatic nitrogens is 1. The van der Waals surface area contributed by atoms with Gasteiger partial charge in [0.15, 0.2) is 0 Å². The van der Waals surface area contributed by atoms with Crippen LogP contribution >= 0.6 is 0 Å². The van der Waals surface area contributed by atoms with Crippen molar-refractivity contribution in [2.75, 3.05) is 18.5 Å². The maximum absolute atomic E-state index is 11.0. The first-order valence-corrected chi connectivity index (χ1v) is 6.03. The number of nitrogens with zero attached hydrogens (tertiary/aromatic N) is 2. The minimum Gasteiger partial charge on any atom is -0.393 e. The van der Waals surface area contributed by atoms with Crippen molar-refractivity contribution in [2.45, 2.75) is 12.5 Å². The fraction of sp³-hybridized carbons (Fsp3) is 0.308. The minimum absolute atomic E-state index is 0.0208. The molecule has 0 saturated carbocycles. The molecule has 20 heavy (non-hydrogen) atoms. The van der Waals surface area contributed by atoms with Crippen molar-refractivity contribution >= 4 is 22.1 Å². The van der Waals surface area contributed by atoms with Gasteiger partial charge in [0.25, 0.3) is 5.69 Å². The normalized spacial score (nSPS) is 13.9. The molecule has 3 N–H and O–H groups in total. The van der Waals surface area contributed by atoms with E-state index in [0.29, 0.717) is 16.5 Å². The van der Waals surface area contributed by atoms with E-state index < -0.39 is 10.5 Å². The molecule has 106 valence electrons. The molecular weight excluding hydrogens is 262 g/mol. The number of pyridine rings is 1. The second kappa shape index (κ2) is 5.40. The molecule has 1 atom stereocenters. The Morgan fingerprint density at radius 3 is 2.80 bits per heavy atom. The van der Waals surface area contributed by atoms with Crippen LogP contribution in [-0.4, -0.2) is 38.9 Å². The van der Waals surface area contributed by atoms with Crippen LogP contribution in [-0.2, 0) is 0 Å². The molecule has 7 nitrogen and oxygen atoms in total. The molecule has 1 aromatic carbocycles. The number of hydrogen-bond acceptors (Lipinski definition) is 6. The lowest BCUT2D eigenvalue weighted by atomic mass is 10.1. The van der Waals surface area contributed by atoms with Gasteiger partial charge in [-0.25, -0.2) is 0 Å². The van der Waals surface area contributed by atoms with Crippen LogP contribution < -0.4 is 5.32 Å². The van der Waals surface area contributed by atoms with Crippen molar-refractivity contribution in [3.8, 4) is 0 Å². The van der Waals surface area contributed by atoms with Crippen molar-refractivity contribution in [2.24, 2.45) is 0 Å². The van der Waals surface area contributed by atoms with Crippen molar-refractivity contribution < 1.29 is 15.1 Å². The molecule has 0 spiro atoms. The minimum atomic E-state index is -1.26. The summed E-state index contributed by atoms with van der Waals surface area (Å²) in [7, 11) is 0. The highest BCUT2D eigenvalue weighted by atomic mass is 16.6. The lowest BCUT2D eigenvalue weighted by Crippen LogP contribution is -2.37. The van der Waals surface area contributed by atoms with Gasteiger partial charge < -0.3 is 15.5 Å². The summed E-state index contributed by atoms with van der Waals surface area (Å²) >= 11 is 0. The zero-order chi connectivity index (χ0) is 14.8. The van der Waals surface area contributed by atoms with Gasteiger partial charge in [-0.3, -0.25) is 15.1 Å². The summed E-state index contributed by atoms with van der Waals surface area (Å²) in [5.74, 6) is 0. The number of nitrogens with one attached hydrogen (secondary N) is 1. The molecule has 2 aromatic rings. The number of aliphatic hydroxyl groups excluding tert-OH is 1. The van der Waals surface area contributed by atoms with Crippen molar-refractivity contribution in [1.82, 2.24) is 4.98 Å². The third-order valence-electron chi connectivity index (χ3n) is 2.99. The van der Waals surface area contributed by atoms with Crippen LogP contribution in [0, 0.1) is 10.1 Å². The zero-order valence-corrected chi connectivity index (χ0v) is 10.9. The molecule has 0 amide bonds. The van der Waals surface area contributed by atoms with E-state index in [1.165, 1.54) is 19.2 Å². The Hall–Kier alpha value is -2.25. The Kier molecular flexibility index (Phi) is 3.82. The number of fused-ring (bicyclic) bond motifs is 1. The lowest BCUT2D eigenvalue weighted by molar-refractivity contribution is -0.383. The average Bonchev–Trinajstić information content (AvgIpc) is 2.44. The number of hydrogen-bond donors (Lipinski definition) is 3. The molecule has 0 radical (unpaired) electrons. The van der Waals surface area contributed by atoms with E-state index in [2.05, 4.69) is 10.3 Å². The van der Waals surface area contributed by atoms with Crippen LogP contribution in [0.4, 0.5) is 11.4 Å². The van der Waals surface area contributed by atoms with Crippen molar-refractivity contribution in [3.63, 3.8) is 0 Å². The second-order valence-corrected chi connectivity index (χ2v) is 4.82. The van der Waals surface area contributed by atoms with Gasteiger partial charge in [0.1, 0.15) is 5.60 Å². The third kappa shape index (κ3) is 2.84. The van der Waals surface area contributed by atoms with E-state index in [1.807, 2.05) is 0 Å². The average molecular weight is 277 g/mol. The molecule has 0 aliphatic carbocycles. The molecule has 0 bridgehead atoms. The molecule has 0 saturated heterocycles. The highest BCUT2D eigenvalue weighted by Crippen LogP contribution is 2.30. The maximum Gasteiger partial charge on any atom is 0.278 e. The van der Waals surface area contributed by atoms with Gasteiger partial charge in [-0.15, -0.1) is 0 Å². The number of aliphatic hydroxyl groups is 2. The van der Waals surface area contributed by atoms with Gasteiger partial charge in [0.2, 0.25) is 0 Å². The van der Waals surface area contributed by atoms with Crippen LogP contribution in [0.2, 0.25) is 0 Å². The predicted octanol–water partition coefficient (Wildman–Crippen LogP) is 1.30. The number of nitro groups is 1. The molecular formula is C13H15N3O4. The summed E-state index contributed by atoms with van der Waals surface area (Å²) in [6.45, 7) is 1.24. The lowest BCUT2D eigenvalue weighted by Gasteiger charge is -2.21. The van der Waals surface area contributed by atoms with E-state index in [4.69, 9.17) is 5.11 Å². The van der Waals surface area contributed by atoms with Gasteiger partial charge in [-0.05, 0) is 19.1 Å². The smallest absolute Gasteiger partial charge is 0.278 e. The third-order valence-corrected chi connectivity index (χ3v) is 2.99. The van der Waals surface area contributed by atoms with Crippen LogP contribution in [0.5, 0.6) is 0 Å². The second-order valence-electron chi connectivity index (χ2n) is 4.82. The van der Waals surface area contributed by atoms with Gasteiger partial charge in [-0.2, -0.15) is 0 Å². The largest absolute Gasteiger partial charge is 0.393 e. The summed E-state index contributed by atoms with van der Waals surface area (Å²) in [5.41, 5.74) is -0.643. The number of non-ortho nitro benzene ring substituents is 1. The first-order valence-electron chi connectivity index (χ1n) is 6.03. The predicted molar refractivity (Wildman–Crippen MR) is 74.6 cm³/mol. The summed E-state index contributed by atoms with van der Waals surface area (Å²) < 4.78 is 0. The van der Waals surface area contributed by atoms with Crippen LogP contribution in [0.15, 0.2) is 30.6 Å². The van der Waals surface area contributed by atoms with Crippen molar-refractivity contribution in [3.05, 3.63) is 40.7 Å². The van der Waals surface area contributed by atoms with E-state index in [9.17, 15) is 15.2 Å². The Morgan fingerprint density at radius 1 is 1.40 bits per heavy atom. The summed E-state index contributed by atoms with van der Waals surface area (Å²) in [5, 5.41) is 33.8. The van der Waals surface area contributed by atoms with E-state index in [-0.39, 0.29) is 18.8 Å². The van der Waals surface area contributed by atoms with Crippen LogP contribution in [0.1, 0.15) is 6.92 Å². The Morgan fingerprint density at radius 2 is 2.15 bits per heavy atom. The highest BCUT2D eigenvalue weighted by molar-refractivity contribution is 5.99. The SMILES string of the molecule is CC(O)(CO)CNc1ccc([N+](=O)[O-])c2cnccc12. The summed E-state index contributed by atoms with van der Waals surface area (Å²) in [6, 6.07) is 4.63. The zero-order valence-electron chi connectivity index (χ0n) is 10.9. The van der Waals surface area contributed by atoms with Crippen LogP contribution in [0.3, 0.4) is 0 Å². The van der Waals surface area contributed by atoms with Gasteiger partial charge in [0, 0.05) is 36.1 Å². The van der Waals surface area contributed by atoms with Gasteiger partial charge in [0.05, 0.1) is 16.9 Å². The Bertz CT molecular complexity index is 643. The molecule has 1 heterocycles. The van der Waals surface area contributed by atoms with E-state index >= 15 is 0 Å². The Balaban J connectivity index is 2.41. The first kappa shape index (κ1) is 14.2. The fourth-order valence-corrected chi connectivity index (χ4v) is 1.83. The van der Waals surface area contributed by atoms with E-state index in [1.54, 1.807) is 18.3 Å². The standard InChI is InChI=1S/C13H15N3O4/c1-13(18,8-17)7-15-11-2-3-12(16(19)20)10-6-14-5-4-9(10)11/h2-6,15,17-18H,7-8H2,1H3.